The molecule has 0 radical (unpaired) electrons. The smallest absolute Gasteiger partial charge is 0.355 e. The van der Waals surface area contributed by atoms with Crippen LogP contribution in [0.25, 0.3) is 0 Å². The Balaban J connectivity index is 1.49. The summed E-state index contributed by atoms with van der Waals surface area (Å²) >= 11 is 0. The molecule has 3 aliphatic carbocycles. The van der Waals surface area contributed by atoms with E-state index in [1.807, 2.05) is 0 Å². The quantitative estimate of drug-likeness (QED) is 0.780. The van der Waals surface area contributed by atoms with Gasteiger partial charge in [0.2, 0.25) is 5.91 Å². The number of carbonyl (C=O) groups is 1. The first-order valence-electron chi connectivity index (χ1n) is 6.73. The van der Waals surface area contributed by atoms with E-state index in [0.29, 0.717) is 30.6 Å². The van der Waals surface area contributed by atoms with Crippen LogP contribution in [0.5, 0.6) is 0 Å². The molecule has 1 aromatic heterocycles. The molecule has 102 valence electrons. The van der Waals surface area contributed by atoms with Gasteiger partial charge in [0.25, 0.3) is 0 Å². The largest absolute Gasteiger partial charge is 0.438 e. The first-order valence-corrected chi connectivity index (χ1v) is 6.73. The summed E-state index contributed by atoms with van der Waals surface area (Å²) in [6, 6.07) is 0. The van der Waals surface area contributed by atoms with Crippen LogP contribution < -0.4 is 11.1 Å². The highest BCUT2D eigenvalue weighted by Crippen LogP contribution is 2.40. The minimum atomic E-state index is -0.559. The second-order valence-corrected chi connectivity index (χ2v) is 5.31. The van der Waals surface area contributed by atoms with E-state index in [4.69, 9.17) is 0 Å². The fourth-order valence-corrected chi connectivity index (χ4v) is 3.04. The number of fused-ring (bicyclic) bond motifs is 2. The third-order valence-electron chi connectivity index (χ3n) is 4.06. The summed E-state index contributed by atoms with van der Waals surface area (Å²) in [5, 5.41) is 6.48. The number of hydrogen-bond donors (Lipinski definition) is 2. The second-order valence-electron chi connectivity index (χ2n) is 5.31. The molecule has 2 N–H and O–H groups in total. The molecule has 1 saturated carbocycles. The Morgan fingerprint density at radius 2 is 2.37 bits per heavy atom. The Kier molecular flexibility index (Phi) is 3.23. The average molecular weight is 263 g/mol. The molecule has 1 fully saturated rings. The van der Waals surface area contributed by atoms with Crippen molar-refractivity contribution in [3.05, 3.63) is 28.5 Å². The Bertz CT molecular complexity index is 545. The lowest BCUT2D eigenvalue weighted by atomic mass is 9.69. The number of hydrogen-bond acceptors (Lipinski definition) is 4. The van der Waals surface area contributed by atoms with Gasteiger partial charge in [-0.3, -0.25) is 14.3 Å². The van der Waals surface area contributed by atoms with Crippen molar-refractivity contribution in [3.63, 3.8) is 0 Å². The van der Waals surface area contributed by atoms with Gasteiger partial charge in [0.05, 0.1) is 0 Å². The van der Waals surface area contributed by atoms with Gasteiger partial charge in [0, 0.05) is 18.9 Å². The Morgan fingerprint density at radius 1 is 1.47 bits per heavy atom. The topological polar surface area (TPSA) is 88.0 Å². The van der Waals surface area contributed by atoms with Gasteiger partial charge in [0.1, 0.15) is 0 Å². The zero-order chi connectivity index (χ0) is 13.2. The first kappa shape index (κ1) is 12.2. The monoisotopic (exact) mass is 263 g/mol. The molecule has 0 aromatic carbocycles. The lowest BCUT2D eigenvalue weighted by Gasteiger charge is -2.36. The van der Waals surface area contributed by atoms with Gasteiger partial charge in [-0.2, -0.15) is 0 Å². The molecule has 1 amide bonds. The summed E-state index contributed by atoms with van der Waals surface area (Å²) in [5.74, 6) is 1.11. The van der Waals surface area contributed by atoms with E-state index in [1.54, 1.807) is 0 Å². The summed E-state index contributed by atoms with van der Waals surface area (Å²) in [4.78, 5) is 25.3. The molecular formula is C13H17N3O3. The average Bonchev–Trinajstić information content (AvgIpc) is 2.85. The van der Waals surface area contributed by atoms with E-state index in [-0.39, 0.29) is 11.8 Å². The minimum Gasteiger partial charge on any atom is -0.355 e. The van der Waals surface area contributed by atoms with E-state index < -0.39 is 5.76 Å². The van der Waals surface area contributed by atoms with Crippen LogP contribution in [0, 0.1) is 17.8 Å². The van der Waals surface area contributed by atoms with Crippen molar-refractivity contribution in [2.24, 2.45) is 17.8 Å². The maximum Gasteiger partial charge on any atom is 0.438 e. The minimum absolute atomic E-state index is 0.111. The van der Waals surface area contributed by atoms with Crippen molar-refractivity contribution < 1.29 is 9.32 Å². The van der Waals surface area contributed by atoms with E-state index >= 15 is 0 Å². The maximum absolute atomic E-state index is 12.1. The van der Waals surface area contributed by atoms with E-state index in [0.717, 1.165) is 12.8 Å². The highest BCUT2D eigenvalue weighted by atomic mass is 16.5. The molecule has 1 aromatic rings. The normalized spacial score (nSPS) is 28.5. The molecule has 2 bridgehead atoms. The zero-order valence-corrected chi connectivity index (χ0v) is 10.6. The Labute approximate surface area is 110 Å². The van der Waals surface area contributed by atoms with Crippen LogP contribution in [0.2, 0.25) is 0 Å². The lowest BCUT2D eigenvalue weighted by molar-refractivity contribution is -0.127. The number of aromatic nitrogens is 2. The molecular weight excluding hydrogens is 246 g/mol. The molecule has 19 heavy (non-hydrogen) atoms. The number of carbonyl (C=O) groups excluding carboxylic acids is 1. The van der Waals surface area contributed by atoms with Crippen LogP contribution >= 0.6 is 0 Å². The van der Waals surface area contributed by atoms with Crippen LogP contribution in [0.15, 0.2) is 21.5 Å². The molecule has 6 nitrogen and oxygen atoms in total. The number of H-pyrrole nitrogens is 1. The van der Waals surface area contributed by atoms with Gasteiger partial charge < -0.3 is 5.32 Å². The van der Waals surface area contributed by atoms with Crippen molar-refractivity contribution >= 4 is 5.91 Å². The van der Waals surface area contributed by atoms with Crippen molar-refractivity contribution in [3.8, 4) is 0 Å². The van der Waals surface area contributed by atoms with Crippen LogP contribution in [0.4, 0.5) is 0 Å². The molecule has 4 rings (SSSR count). The predicted molar refractivity (Wildman–Crippen MR) is 67.3 cm³/mol. The van der Waals surface area contributed by atoms with Crippen molar-refractivity contribution in [2.75, 3.05) is 6.54 Å². The van der Waals surface area contributed by atoms with Crippen LogP contribution in [0.1, 0.15) is 25.1 Å². The number of amides is 1. The summed E-state index contributed by atoms with van der Waals surface area (Å²) < 4.78 is 4.40. The van der Waals surface area contributed by atoms with Gasteiger partial charge in [-0.05, 0) is 31.1 Å². The highest BCUT2D eigenvalue weighted by molar-refractivity contribution is 5.79. The van der Waals surface area contributed by atoms with Gasteiger partial charge in [0.15, 0.2) is 5.82 Å². The zero-order valence-electron chi connectivity index (χ0n) is 10.6. The second kappa shape index (κ2) is 5.03. The third kappa shape index (κ3) is 2.62. The highest BCUT2D eigenvalue weighted by Gasteiger charge is 2.35. The van der Waals surface area contributed by atoms with E-state index in [9.17, 15) is 9.59 Å². The molecule has 6 heteroatoms. The number of nitrogens with zero attached hydrogens (tertiary/aromatic N) is 1. The van der Waals surface area contributed by atoms with E-state index in [2.05, 4.69) is 32.1 Å². The maximum atomic E-state index is 12.1. The number of allylic oxidation sites excluding steroid dienone is 2. The lowest BCUT2D eigenvalue weighted by Crippen LogP contribution is -2.40. The first-order chi connectivity index (χ1) is 9.22. The van der Waals surface area contributed by atoms with Crippen LogP contribution in [-0.4, -0.2) is 22.6 Å². The van der Waals surface area contributed by atoms with E-state index in [1.165, 1.54) is 6.42 Å². The van der Waals surface area contributed by atoms with Crippen LogP contribution in [-0.2, 0) is 11.2 Å². The number of aromatic amines is 1. The molecule has 0 spiro atoms. The van der Waals surface area contributed by atoms with Gasteiger partial charge in [-0.15, -0.1) is 0 Å². The fraction of sp³-hybridized carbons (Fsp3) is 0.615. The molecule has 0 aliphatic heterocycles. The van der Waals surface area contributed by atoms with Crippen molar-refractivity contribution in [1.29, 1.82) is 0 Å². The van der Waals surface area contributed by atoms with Crippen molar-refractivity contribution in [1.82, 2.24) is 15.5 Å². The fourth-order valence-electron chi connectivity index (χ4n) is 3.04. The Hall–Kier alpha value is -1.85. The Morgan fingerprint density at radius 3 is 2.95 bits per heavy atom. The molecule has 3 atom stereocenters. The molecule has 1 heterocycles. The van der Waals surface area contributed by atoms with Gasteiger partial charge in [-0.1, -0.05) is 17.3 Å². The summed E-state index contributed by atoms with van der Waals surface area (Å²) in [6.45, 7) is 0.471. The predicted octanol–water partition coefficient (Wildman–Crippen LogP) is 0.624. The summed E-state index contributed by atoms with van der Waals surface area (Å²) in [7, 11) is 0. The molecule has 3 aliphatic rings. The van der Waals surface area contributed by atoms with Crippen LogP contribution in [0.3, 0.4) is 0 Å². The third-order valence-corrected chi connectivity index (χ3v) is 4.06. The van der Waals surface area contributed by atoms with Gasteiger partial charge >= 0.3 is 5.76 Å². The number of rotatable bonds is 4. The standard InChI is InChI=1S/C13H17N3O3/c17-12(10-7-8-1-3-9(10)4-2-8)14-6-5-11-15-13(18)19-16-11/h1,3,8-10H,2,4-7H2,(H,14,17)(H,15,16,18)/t8-,9+,10-/m1/s1. The molecule has 0 unspecified atom stereocenters. The SMILES string of the molecule is O=C(NCCc1noc(=O)[nH]1)[C@@H]1C[C@@H]2C=C[C@H]1CC2. The summed E-state index contributed by atoms with van der Waals surface area (Å²) in [5.41, 5.74) is 0. The molecule has 0 saturated heterocycles. The number of nitrogens with one attached hydrogen (secondary N) is 2. The summed E-state index contributed by atoms with van der Waals surface area (Å²) in [6.07, 6.45) is 8.22. The van der Waals surface area contributed by atoms with Gasteiger partial charge in [-0.25, -0.2) is 4.79 Å². The van der Waals surface area contributed by atoms with Crippen molar-refractivity contribution in [2.45, 2.75) is 25.7 Å².